The van der Waals surface area contributed by atoms with Gasteiger partial charge in [0.15, 0.2) is 0 Å². The predicted octanol–water partition coefficient (Wildman–Crippen LogP) is 2.60. The van der Waals surface area contributed by atoms with Gasteiger partial charge >= 0.3 is 5.97 Å². The molecule has 5 nitrogen and oxygen atoms in total. The summed E-state index contributed by atoms with van der Waals surface area (Å²) in [5.41, 5.74) is 1.75. The first-order chi connectivity index (χ1) is 8.06. The van der Waals surface area contributed by atoms with E-state index in [2.05, 4.69) is 14.7 Å². The van der Waals surface area contributed by atoms with Crippen LogP contribution in [0.2, 0.25) is 0 Å². The molecule has 0 saturated heterocycles. The number of benzene rings is 1. The maximum Gasteiger partial charge on any atom is 0.337 e. The average molecular weight is 249 g/mol. The van der Waals surface area contributed by atoms with Gasteiger partial charge in [0.25, 0.3) is 0 Å². The molecule has 1 aromatic carbocycles. The molecular weight excluding hydrogens is 238 g/mol. The quantitative estimate of drug-likeness (QED) is 0.874. The molecule has 0 aliphatic heterocycles. The van der Waals surface area contributed by atoms with Crippen LogP contribution in [0.5, 0.6) is 0 Å². The van der Waals surface area contributed by atoms with Gasteiger partial charge in [0, 0.05) is 11.5 Å². The van der Waals surface area contributed by atoms with E-state index in [1.165, 1.54) is 11.5 Å². The number of carboxylic acid groups (broad SMARTS) is 1. The number of aromatic carboxylic acids is 1. The Morgan fingerprint density at radius 1 is 1.41 bits per heavy atom. The zero-order valence-corrected chi connectivity index (χ0v) is 10.2. The number of hydrogen-bond acceptors (Lipinski definition) is 5. The van der Waals surface area contributed by atoms with E-state index in [1.807, 2.05) is 6.92 Å². The number of aromatic nitrogens is 2. The normalized spacial score (nSPS) is 10.2. The highest BCUT2D eigenvalue weighted by molar-refractivity contribution is 7.09. The fourth-order valence-electron chi connectivity index (χ4n) is 1.41. The lowest BCUT2D eigenvalue weighted by molar-refractivity contribution is 0.0698. The predicted molar refractivity (Wildman–Crippen MR) is 66.1 cm³/mol. The molecule has 0 radical (unpaired) electrons. The summed E-state index contributed by atoms with van der Waals surface area (Å²) in [6, 6.07) is 5.12. The summed E-state index contributed by atoms with van der Waals surface area (Å²) in [5.74, 6) is -0.296. The first-order valence-corrected chi connectivity index (χ1v) is 5.75. The molecular formula is C11H11N3O2S. The lowest BCUT2D eigenvalue weighted by Gasteiger charge is -2.07. The number of anilines is 2. The molecule has 0 bridgehead atoms. The summed E-state index contributed by atoms with van der Waals surface area (Å²) in [6.45, 7) is 3.69. The van der Waals surface area contributed by atoms with E-state index in [4.69, 9.17) is 5.11 Å². The van der Waals surface area contributed by atoms with Crippen molar-refractivity contribution >= 4 is 28.3 Å². The molecule has 2 aromatic rings. The van der Waals surface area contributed by atoms with Gasteiger partial charge in [-0.15, -0.1) is 0 Å². The van der Waals surface area contributed by atoms with Crippen molar-refractivity contribution < 1.29 is 9.90 Å². The summed E-state index contributed by atoms with van der Waals surface area (Å²) < 4.78 is 4.03. The van der Waals surface area contributed by atoms with Gasteiger partial charge in [0.05, 0.1) is 11.3 Å². The SMILES string of the molecule is Cc1ccc(C(=O)O)c(Nc2nc(C)ns2)c1. The molecule has 0 aliphatic rings. The van der Waals surface area contributed by atoms with Gasteiger partial charge in [0.2, 0.25) is 5.13 Å². The highest BCUT2D eigenvalue weighted by Crippen LogP contribution is 2.23. The van der Waals surface area contributed by atoms with Crippen LogP contribution < -0.4 is 5.32 Å². The molecule has 0 unspecified atom stereocenters. The summed E-state index contributed by atoms with van der Waals surface area (Å²) in [7, 11) is 0. The van der Waals surface area contributed by atoms with Crippen LogP contribution in [0, 0.1) is 13.8 Å². The minimum atomic E-state index is -0.964. The van der Waals surface area contributed by atoms with Crippen molar-refractivity contribution in [2.45, 2.75) is 13.8 Å². The smallest absolute Gasteiger partial charge is 0.337 e. The molecule has 17 heavy (non-hydrogen) atoms. The van der Waals surface area contributed by atoms with Gasteiger partial charge in [-0.25, -0.2) is 9.78 Å². The summed E-state index contributed by atoms with van der Waals surface area (Å²) >= 11 is 1.21. The zero-order chi connectivity index (χ0) is 12.4. The Hall–Kier alpha value is -1.95. The Morgan fingerprint density at radius 3 is 2.76 bits per heavy atom. The van der Waals surface area contributed by atoms with Gasteiger partial charge in [-0.05, 0) is 31.5 Å². The van der Waals surface area contributed by atoms with Crippen LogP contribution in [0.15, 0.2) is 18.2 Å². The monoisotopic (exact) mass is 249 g/mol. The number of rotatable bonds is 3. The van der Waals surface area contributed by atoms with Crippen molar-refractivity contribution in [2.75, 3.05) is 5.32 Å². The molecule has 0 saturated carbocycles. The van der Waals surface area contributed by atoms with E-state index in [9.17, 15) is 4.79 Å². The Morgan fingerprint density at radius 2 is 2.18 bits per heavy atom. The fraction of sp³-hybridized carbons (Fsp3) is 0.182. The van der Waals surface area contributed by atoms with Gasteiger partial charge in [-0.2, -0.15) is 4.37 Å². The zero-order valence-electron chi connectivity index (χ0n) is 9.39. The maximum absolute atomic E-state index is 11.1. The molecule has 0 aliphatic carbocycles. The maximum atomic E-state index is 11.1. The lowest BCUT2D eigenvalue weighted by Crippen LogP contribution is -2.02. The largest absolute Gasteiger partial charge is 0.478 e. The second-order valence-corrected chi connectivity index (χ2v) is 4.38. The molecule has 0 spiro atoms. The topological polar surface area (TPSA) is 75.1 Å². The third kappa shape index (κ3) is 2.59. The van der Waals surface area contributed by atoms with Gasteiger partial charge in [0.1, 0.15) is 5.82 Å². The Labute approximate surface area is 102 Å². The molecule has 88 valence electrons. The highest BCUT2D eigenvalue weighted by Gasteiger charge is 2.11. The van der Waals surface area contributed by atoms with E-state index in [1.54, 1.807) is 25.1 Å². The number of carbonyl (C=O) groups is 1. The second-order valence-electron chi connectivity index (χ2n) is 3.63. The van der Waals surface area contributed by atoms with Crippen molar-refractivity contribution in [2.24, 2.45) is 0 Å². The molecule has 2 rings (SSSR count). The Kier molecular flexibility index (Phi) is 3.06. The van der Waals surface area contributed by atoms with Crippen LogP contribution >= 0.6 is 11.5 Å². The van der Waals surface area contributed by atoms with Crippen molar-refractivity contribution in [3.05, 3.63) is 35.2 Å². The van der Waals surface area contributed by atoms with Crippen molar-refractivity contribution in [1.82, 2.24) is 9.36 Å². The number of carboxylic acids is 1. The van der Waals surface area contributed by atoms with Gasteiger partial charge in [-0.3, -0.25) is 0 Å². The minimum absolute atomic E-state index is 0.225. The van der Waals surface area contributed by atoms with Crippen molar-refractivity contribution in [1.29, 1.82) is 0 Å². The molecule has 0 atom stereocenters. The van der Waals surface area contributed by atoms with Crippen molar-refractivity contribution in [3.63, 3.8) is 0 Å². The molecule has 0 fully saturated rings. The first kappa shape index (κ1) is 11.5. The van der Waals surface area contributed by atoms with E-state index < -0.39 is 5.97 Å². The molecule has 0 amide bonds. The number of nitrogens with one attached hydrogen (secondary N) is 1. The average Bonchev–Trinajstić information content (AvgIpc) is 2.63. The summed E-state index contributed by atoms with van der Waals surface area (Å²) in [5, 5.41) is 12.6. The van der Waals surface area contributed by atoms with Crippen LogP contribution in [0.4, 0.5) is 10.8 Å². The van der Waals surface area contributed by atoms with E-state index in [0.717, 1.165) is 5.56 Å². The van der Waals surface area contributed by atoms with Crippen LogP contribution in [0.3, 0.4) is 0 Å². The summed E-state index contributed by atoms with van der Waals surface area (Å²) in [4.78, 5) is 15.2. The number of aryl methyl sites for hydroxylation is 2. The van der Waals surface area contributed by atoms with Crippen LogP contribution in [-0.4, -0.2) is 20.4 Å². The van der Waals surface area contributed by atoms with Crippen LogP contribution in [0.1, 0.15) is 21.7 Å². The fourth-order valence-corrected chi connectivity index (χ4v) is 2.00. The molecule has 6 heteroatoms. The van der Waals surface area contributed by atoms with E-state index in [-0.39, 0.29) is 5.56 Å². The Bertz CT molecular complexity index is 566. The summed E-state index contributed by atoms with van der Waals surface area (Å²) in [6.07, 6.45) is 0. The first-order valence-electron chi connectivity index (χ1n) is 4.97. The number of nitrogens with zero attached hydrogens (tertiary/aromatic N) is 2. The van der Waals surface area contributed by atoms with Crippen LogP contribution in [-0.2, 0) is 0 Å². The molecule has 1 aromatic heterocycles. The van der Waals surface area contributed by atoms with E-state index in [0.29, 0.717) is 16.6 Å². The number of hydrogen-bond donors (Lipinski definition) is 2. The Balaban J connectivity index is 2.37. The standard InChI is InChI=1S/C11H11N3O2S/c1-6-3-4-8(10(15)16)9(5-6)13-11-12-7(2)14-17-11/h3-5H,1-2H3,(H,15,16)(H,12,13,14). The van der Waals surface area contributed by atoms with Crippen LogP contribution in [0.25, 0.3) is 0 Å². The molecule has 2 N–H and O–H groups in total. The lowest BCUT2D eigenvalue weighted by atomic mass is 10.1. The minimum Gasteiger partial charge on any atom is -0.478 e. The third-order valence-electron chi connectivity index (χ3n) is 2.17. The molecule has 1 heterocycles. The third-order valence-corrected chi connectivity index (χ3v) is 2.90. The van der Waals surface area contributed by atoms with Gasteiger partial charge < -0.3 is 10.4 Å². The highest BCUT2D eigenvalue weighted by atomic mass is 32.1. The van der Waals surface area contributed by atoms with Crippen molar-refractivity contribution in [3.8, 4) is 0 Å². The van der Waals surface area contributed by atoms with Gasteiger partial charge in [-0.1, -0.05) is 6.07 Å². The van der Waals surface area contributed by atoms with E-state index >= 15 is 0 Å². The second kappa shape index (κ2) is 4.50.